The lowest BCUT2D eigenvalue weighted by atomic mass is 9.99. The normalized spacial score (nSPS) is 20.2. The fourth-order valence-electron chi connectivity index (χ4n) is 4.71. The van der Waals surface area contributed by atoms with Crippen LogP contribution in [0.4, 0.5) is 15.8 Å². The molecule has 3 aromatic rings. The van der Waals surface area contributed by atoms with Gasteiger partial charge < -0.3 is 14.4 Å². The average Bonchev–Trinajstić information content (AvgIpc) is 3.40. The summed E-state index contributed by atoms with van der Waals surface area (Å²) in [5.74, 6) is -1.44. The molecule has 7 heteroatoms. The van der Waals surface area contributed by atoms with Crippen LogP contribution in [0.5, 0.6) is 0 Å². The number of furan rings is 1. The van der Waals surface area contributed by atoms with E-state index in [1.165, 1.54) is 35.6 Å². The highest BCUT2D eigenvalue weighted by Crippen LogP contribution is 2.43. The molecule has 174 valence electrons. The van der Waals surface area contributed by atoms with Crippen molar-refractivity contribution in [3.05, 3.63) is 89.1 Å². The smallest absolute Gasteiger partial charge is 0.300 e. The van der Waals surface area contributed by atoms with Gasteiger partial charge >= 0.3 is 0 Å². The first-order valence-corrected chi connectivity index (χ1v) is 11.4. The zero-order valence-corrected chi connectivity index (χ0v) is 18.8. The van der Waals surface area contributed by atoms with Crippen molar-refractivity contribution in [2.24, 2.45) is 0 Å². The zero-order valence-electron chi connectivity index (χ0n) is 18.8. The number of carbonyl (C=O) groups is 2. The first kappa shape index (κ1) is 21.9. The van der Waals surface area contributed by atoms with Gasteiger partial charge in [-0.15, -0.1) is 0 Å². The van der Waals surface area contributed by atoms with Crippen molar-refractivity contribution in [2.45, 2.75) is 32.2 Å². The minimum atomic E-state index is -0.945. The van der Waals surface area contributed by atoms with Crippen LogP contribution in [0.2, 0.25) is 0 Å². The van der Waals surface area contributed by atoms with Gasteiger partial charge in [0.05, 0.1) is 5.57 Å². The molecule has 2 saturated heterocycles. The number of aryl methyl sites for hydroxylation is 1. The highest BCUT2D eigenvalue weighted by molar-refractivity contribution is 6.51. The number of amides is 1. The summed E-state index contributed by atoms with van der Waals surface area (Å²) in [6.07, 6.45) is 3.53. The van der Waals surface area contributed by atoms with Crippen molar-refractivity contribution in [2.75, 3.05) is 22.9 Å². The highest BCUT2D eigenvalue weighted by atomic mass is 19.1. The topological polar surface area (TPSA) is 74.0 Å². The number of benzene rings is 2. The molecule has 6 nitrogen and oxygen atoms in total. The number of anilines is 2. The second kappa shape index (κ2) is 8.82. The van der Waals surface area contributed by atoms with Crippen LogP contribution < -0.4 is 9.80 Å². The first-order valence-electron chi connectivity index (χ1n) is 11.4. The van der Waals surface area contributed by atoms with Gasteiger partial charge in [0.2, 0.25) is 0 Å². The Labute approximate surface area is 196 Å². The fourth-order valence-corrected chi connectivity index (χ4v) is 4.71. The number of aliphatic hydroxyl groups is 1. The summed E-state index contributed by atoms with van der Waals surface area (Å²) in [7, 11) is 0. The van der Waals surface area contributed by atoms with Crippen molar-refractivity contribution in [3.8, 4) is 0 Å². The molecule has 2 aliphatic rings. The van der Waals surface area contributed by atoms with Gasteiger partial charge in [0.1, 0.15) is 29.1 Å². The summed E-state index contributed by atoms with van der Waals surface area (Å²) in [6, 6.07) is 15.1. The molecule has 1 amide bonds. The predicted octanol–water partition coefficient (Wildman–Crippen LogP) is 5.34. The Balaban J connectivity index is 1.58. The van der Waals surface area contributed by atoms with Gasteiger partial charge in [0.15, 0.2) is 0 Å². The standard InChI is InChI=1S/C27H25FN2O4/c1-17-5-14-22(34-17)24-23(25(31)18-6-8-19(28)9-7-18)26(32)27(33)30(24)21-12-10-20(11-13-21)29-15-3-2-4-16-29/h5-14,24,31H,2-4,15-16H2,1H3/b25-23-. The predicted molar refractivity (Wildman–Crippen MR) is 127 cm³/mol. The molecule has 2 fully saturated rings. The average molecular weight is 461 g/mol. The zero-order chi connectivity index (χ0) is 23.8. The van der Waals surface area contributed by atoms with Gasteiger partial charge in [-0.3, -0.25) is 14.5 Å². The van der Waals surface area contributed by atoms with Crippen LogP contribution in [-0.4, -0.2) is 29.9 Å². The Morgan fingerprint density at radius 2 is 1.56 bits per heavy atom. The van der Waals surface area contributed by atoms with Crippen LogP contribution in [0.1, 0.15) is 42.4 Å². The Kier molecular flexibility index (Phi) is 5.69. The van der Waals surface area contributed by atoms with E-state index in [0.717, 1.165) is 31.6 Å². The summed E-state index contributed by atoms with van der Waals surface area (Å²) < 4.78 is 19.2. The van der Waals surface area contributed by atoms with Crippen molar-refractivity contribution in [1.29, 1.82) is 0 Å². The van der Waals surface area contributed by atoms with Crippen LogP contribution in [-0.2, 0) is 9.59 Å². The molecule has 1 unspecified atom stereocenters. The minimum absolute atomic E-state index is 0.0916. The van der Waals surface area contributed by atoms with Gasteiger partial charge in [0.25, 0.3) is 11.7 Å². The van der Waals surface area contributed by atoms with Gasteiger partial charge in [0, 0.05) is 30.0 Å². The molecule has 0 saturated carbocycles. The number of piperidine rings is 1. The molecule has 0 bridgehead atoms. The van der Waals surface area contributed by atoms with Crippen molar-refractivity contribution in [1.82, 2.24) is 0 Å². The van der Waals surface area contributed by atoms with Crippen LogP contribution in [0, 0.1) is 12.7 Å². The molecule has 0 radical (unpaired) electrons. The third kappa shape index (κ3) is 3.87. The van der Waals surface area contributed by atoms with Gasteiger partial charge in [-0.05, 0) is 86.8 Å². The molecule has 1 atom stereocenters. The van der Waals surface area contributed by atoms with Crippen LogP contribution in [0.25, 0.3) is 5.76 Å². The lowest BCUT2D eigenvalue weighted by Gasteiger charge is -2.29. The number of halogens is 1. The summed E-state index contributed by atoms with van der Waals surface area (Å²) in [5.41, 5.74) is 1.75. The fraction of sp³-hybridized carbons (Fsp3) is 0.259. The molecule has 2 aromatic carbocycles. The van der Waals surface area contributed by atoms with E-state index in [0.29, 0.717) is 17.2 Å². The second-order valence-electron chi connectivity index (χ2n) is 8.69. The van der Waals surface area contributed by atoms with E-state index in [4.69, 9.17) is 4.42 Å². The Morgan fingerprint density at radius 3 is 2.18 bits per heavy atom. The van der Waals surface area contributed by atoms with Crippen molar-refractivity contribution < 1.29 is 23.5 Å². The summed E-state index contributed by atoms with van der Waals surface area (Å²) >= 11 is 0. The molecule has 1 N–H and O–H groups in total. The van der Waals surface area contributed by atoms with Gasteiger partial charge in [-0.25, -0.2) is 4.39 Å². The Hall–Kier alpha value is -3.87. The second-order valence-corrected chi connectivity index (χ2v) is 8.69. The Morgan fingerprint density at radius 1 is 0.912 bits per heavy atom. The van der Waals surface area contributed by atoms with E-state index in [9.17, 15) is 19.1 Å². The molecular formula is C27H25FN2O4. The lowest BCUT2D eigenvalue weighted by Crippen LogP contribution is -2.30. The number of nitrogens with zero attached hydrogens (tertiary/aromatic N) is 2. The molecule has 2 aliphatic heterocycles. The first-order chi connectivity index (χ1) is 16.4. The summed E-state index contributed by atoms with van der Waals surface area (Å²) in [6.45, 7) is 3.75. The molecule has 0 aliphatic carbocycles. The number of hydrogen-bond donors (Lipinski definition) is 1. The van der Waals surface area contributed by atoms with Crippen LogP contribution in [0.3, 0.4) is 0 Å². The number of hydrogen-bond acceptors (Lipinski definition) is 5. The third-order valence-corrected chi connectivity index (χ3v) is 6.44. The van der Waals surface area contributed by atoms with E-state index in [1.54, 1.807) is 19.1 Å². The summed E-state index contributed by atoms with van der Waals surface area (Å²) in [5, 5.41) is 11.0. The van der Waals surface area contributed by atoms with E-state index >= 15 is 0 Å². The van der Waals surface area contributed by atoms with Crippen molar-refractivity contribution in [3.63, 3.8) is 0 Å². The minimum Gasteiger partial charge on any atom is -0.507 e. The molecule has 5 rings (SSSR count). The number of ketones is 1. The van der Waals surface area contributed by atoms with Crippen LogP contribution in [0.15, 0.2) is 70.7 Å². The maximum atomic E-state index is 13.4. The van der Waals surface area contributed by atoms with Crippen molar-refractivity contribution >= 4 is 28.8 Å². The quantitative estimate of drug-likeness (QED) is 0.323. The van der Waals surface area contributed by atoms with E-state index in [-0.39, 0.29) is 16.9 Å². The molecule has 34 heavy (non-hydrogen) atoms. The maximum Gasteiger partial charge on any atom is 0.300 e. The summed E-state index contributed by atoms with van der Waals surface area (Å²) in [4.78, 5) is 30.0. The van der Waals surface area contributed by atoms with E-state index in [2.05, 4.69) is 4.90 Å². The van der Waals surface area contributed by atoms with E-state index in [1.807, 2.05) is 24.3 Å². The van der Waals surface area contributed by atoms with Gasteiger partial charge in [-0.2, -0.15) is 0 Å². The van der Waals surface area contributed by atoms with Crippen LogP contribution >= 0.6 is 0 Å². The Bertz CT molecular complexity index is 1250. The number of carbonyl (C=O) groups excluding carboxylic acids is 2. The number of aliphatic hydroxyl groups excluding tert-OH is 1. The van der Waals surface area contributed by atoms with E-state index < -0.39 is 23.5 Å². The molecule has 3 heterocycles. The molecule has 1 aromatic heterocycles. The SMILES string of the molecule is Cc1ccc(C2/C(=C(/O)c3ccc(F)cc3)C(=O)C(=O)N2c2ccc(N3CCCCC3)cc2)o1. The highest BCUT2D eigenvalue weighted by Gasteiger charge is 2.48. The third-order valence-electron chi connectivity index (χ3n) is 6.44. The molecule has 0 spiro atoms. The largest absolute Gasteiger partial charge is 0.507 e. The lowest BCUT2D eigenvalue weighted by molar-refractivity contribution is -0.132. The number of rotatable bonds is 4. The molecular weight excluding hydrogens is 435 g/mol. The van der Waals surface area contributed by atoms with Gasteiger partial charge in [-0.1, -0.05) is 0 Å². The number of Topliss-reactive ketones (excluding diaryl/α,β-unsaturated/α-hetero) is 1. The monoisotopic (exact) mass is 460 g/mol. The maximum absolute atomic E-state index is 13.4.